The highest BCUT2D eigenvalue weighted by Crippen LogP contribution is 2.29. The summed E-state index contributed by atoms with van der Waals surface area (Å²) < 4.78 is 38.1. The van der Waals surface area contributed by atoms with E-state index in [1.165, 1.54) is 6.07 Å². The number of benzene rings is 1. The van der Waals surface area contributed by atoms with E-state index in [9.17, 15) is 18.0 Å². The summed E-state index contributed by atoms with van der Waals surface area (Å²) in [6, 6.07) is 8.14. The Balaban J connectivity index is 1.70. The molecule has 0 atom stereocenters. The Morgan fingerprint density at radius 2 is 1.81 bits per heavy atom. The number of nitrogens with zero attached hydrogens (tertiary/aromatic N) is 3. The first-order chi connectivity index (χ1) is 12.8. The molecular formula is C20H22F3N3O. The van der Waals surface area contributed by atoms with Crippen molar-refractivity contribution in [3.63, 3.8) is 0 Å². The van der Waals surface area contributed by atoms with E-state index in [1.807, 2.05) is 41.8 Å². The molecule has 1 amide bonds. The van der Waals surface area contributed by atoms with Crippen molar-refractivity contribution in [2.45, 2.75) is 26.4 Å². The summed E-state index contributed by atoms with van der Waals surface area (Å²) in [7, 11) is 0. The fourth-order valence-electron chi connectivity index (χ4n) is 3.24. The van der Waals surface area contributed by atoms with E-state index in [4.69, 9.17) is 0 Å². The van der Waals surface area contributed by atoms with Gasteiger partial charge in [-0.05, 0) is 49.6 Å². The Kier molecular flexibility index (Phi) is 5.39. The van der Waals surface area contributed by atoms with E-state index in [0.717, 1.165) is 29.8 Å². The molecule has 144 valence electrons. The van der Waals surface area contributed by atoms with Crippen LogP contribution in [-0.2, 0) is 6.18 Å². The van der Waals surface area contributed by atoms with Gasteiger partial charge >= 0.3 is 6.18 Å². The standard InChI is InChI=1S/C20H22F3N3O/c1-14-5-3-6-17(15(14)2)19(27)26-10-4-9-25(11-12-26)18-8-7-16(13-24-18)20(21,22)23/h3,5-8,13H,4,9-12H2,1-2H3. The van der Waals surface area contributed by atoms with Gasteiger partial charge in [-0.25, -0.2) is 4.98 Å². The van der Waals surface area contributed by atoms with Crippen molar-refractivity contribution in [1.82, 2.24) is 9.88 Å². The summed E-state index contributed by atoms with van der Waals surface area (Å²) >= 11 is 0. The van der Waals surface area contributed by atoms with Crippen LogP contribution in [0.25, 0.3) is 0 Å². The molecule has 0 unspecified atom stereocenters. The van der Waals surface area contributed by atoms with Crippen LogP contribution in [0.2, 0.25) is 0 Å². The van der Waals surface area contributed by atoms with Crippen molar-refractivity contribution in [3.05, 3.63) is 58.8 Å². The van der Waals surface area contributed by atoms with E-state index in [-0.39, 0.29) is 5.91 Å². The minimum atomic E-state index is -4.39. The lowest BCUT2D eigenvalue weighted by Crippen LogP contribution is -2.35. The molecule has 3 rings (SSSR count). The average Bonchev–Trinajstić information content (AvgIpc) is 2.89. The van der Waals surface area contributed by atoms with Crippen LogP contribution in [0.3, 0.4) is 0 Å². The zero-order valence-corrected chi connectivity index (χ0v) is 15.4. The molecule has 4 nitrogen and oxygen atoms in total. The molecule has 0 aliphatic carbocycles. The van der Waals surface area contributed by atoms with E-state index < -0.39 is 11.7 Å². The van der Waals surface area contributed by atoms with Gasteiger partial charge in [-0.2, -0.15) is 13.2 Å². The fraction of sp³-hybridized carbons (Fsp3) is 0.400. The number of amides is 1. The van der Waals surface area contributed by atoms with Gasteiger partial charge in [0.25, 0.3) is 5.91 Å². The topological polar surface area (TPSA) is 36.4 Å². The molecule has 1 aromatic carbocycles. The quantitative estimate of drug-likeness (QED) is 0.792. The molecule has 1 saturated heterocycles. The van der Waals surface area contributed by atoms with Crippen molar-refractivity contribution < 1.29 is 18.0 Å². The monoisotopic (exact) mass is 377 g/mol. The Labute approximate surface area is 156 Å². The van der Waals surface area contributed by atoms with Crippen LogP contribution < -0.4 is 4.90 Å². The highest BCUT2D eigenvalue weighted by molar-refractivity contribution is 5.96. The van der Waals surface area contributed by atoms with Gasteiger partial charge in [0.05, 0.1) is 5.56 Å². The minimum absolute atomic E-state index is 0.00146. The highest BCUT2D eigenvalue weighted by Gasteiger charge is 2.31. The maximum Gasteiger partial charge on any atom is 0.417 e. The zero-order valence-electron chi connectivity index (χ0n) is 15.4. The molecule has 1 aliphatic heterocycles. The molecule has 27 heavy (non-hydrogen) atoms. The second-order valence-electron chi connectivity index (χ2n) is 6.78. The van der Waals surface area contributed by atoms with E-state index in [1.54, 1.807) is 0 Å². The maximum absolute atomic E-state index is 12.9. The van der Waals surface area contributed by atoms with Crippen LogP contribution in [0.4, 0.5) is 19.0 Å². The lowest BCUT2D eigenvalue weighted by Gasteiger charge is -2.24. The minimum Gasteiger partial charge on any atom is -0.355 e. The molecule has 0 spiro atoms. The zero-order chi connectivity index (χ0) is 19.6. The number of aromatic nitrogens is 1. The van der Waals surface area contributed by atoms with Gasteiger partial charge in [0.1, 0.15) is 5.82 Å². The number of rotatable bonds is 2. The number of anilines is 1. The molecule has 2 aromatic rings. The van der Waals surface area contributed by atoms with Gasteiger partial charge < -0.3 is 9.80 Å². The number of pyridine rings is 1. The van der Waals surface area contributed by atoms with Crippen LogP contribution in [0.1, 0.15) is 33.5 Å². The van der Waals surface area contributed by atoms with Crippen LogP contribution >= 0.6 is 0 Å². The summed E-state index contributed by atoms with van der Waals surface area (Å²) in [6.07, 6.45) is -2.79. The summed E-state index contributed by atoms with van der Waals surface area (Å²) in [5.74, 6) is 0.502. The summed E-state index contributed by atoms with van der Waals surface area (Å²) in [6.45, 7) is 6.23. The Morgan fingerprint density at radius 1 is 1.04 bits per heavy atom. The second-order valence-corrected chi connectivity index (χ2v) is 6.78. The van der Waals surface area contributed by atoms with Gasteiger partial charge in [0.15, 0.2) is 0 Å². The average molecular weight is 377 g/mol. The number of hydrogen-bond donors (Lipinski definition) is 0. The van der Waals surface area contributed by atoms with Crippen LogP contribution in [0.5, 0.6) is 0 Å². The SMILES string of the molecule is Cc1cccc(C(=O)N2CCCN(c3ccc(C(F)(F)F)cn3)CC2)c1C. The molecule has 0 radical (unpaired) electrons. The Hall–Kier alpha value is -2.57. The van der Waals surface area contributed by atoms with Gasteiger partial charge in [0, 0.05) is 37.9 Å². The van der Waals surface area contributed by atoms with Gasteiger partial charge in [0.2, 0.25) is 0 Å². The number of hydrogen-bond acceptors (Lipinski definition) is 3. The molecule has 0 saturated carbocycles. The molecule has 1 fully saturated rings. The van der Waals surface area contributed by atoms with Crippen LogP contribution in [0.15, 0.2) is 36.5 Å². The van der Waals surface area contributed by atoms with Crippen LogP contribution in [0, 0.1) is 13.8 Å². The van der Waals surface area contributed by atoms with E-state index in [2.05, 4.69) is 4.98 Å². The summed E-state index contributed by atoms with van der Waals surface area (Å²) in [5, 5.41) is 0. The van der Waals surface area contributed by atoms with Crippen LogP contribution in [-0.4, -0.2) is 42.0 Å². The first-order valence-electron chi connectivity index (χ1n) is 8.91. The first-order valence-corrected chi connectivity index (χ1v) is 8.91. The number of carbonyl (C=O) groups is 1. The summed E-state index contributed by atoms with van der Waals surface area (Å²) in [5.41, 5.74) is 2.00. The number of aryl methyl sites for hydroxylation is 1. The highest BCUT2D eigenvalue weighted by atomic mass is 19.4. The molecule has 1 aliphatic rings. The van der Waals surface area contributed by atoms with E-state index >= 15 is 0 Å². The van der Waals surface area contributed by atoms with Crippen molar-refractivity contribution in [3.8, 4) is 0 Å². The van der Waals surface area contributed by atoms with E-state index in [0.29, 0.717) is 37.6 Å². The van der Waals surface area contributed by atoms with Gasteiger partial charge in [-0.15, -0.1) is 0 Å². The normalized spacial score (nSPS) is 15.6. The van der Waals surface area contributed by atoms with Crippen molar-refractivity contribution in [2.24, 2.45) is 0 Å². The Morgan fingerprint density at radius 3 is 2.48 bits per heavy atom. The molecule has 1 aromatic heterocycles. The third-order valence-electron chi connectivity index (χ3n) is 5.02. The molecular weight excluding hydrogens is 355 g/mol. The smallest absolute Gasteiger partial charge is 0.355 e. The maximum atomic E-state index is 12.9. The first kappa shape index (κ1) is 19.2. The fourth-order valence-corrected chi connectivity index (χ4v) is 3.24. The molecule has 0 bridgehead atoms. The number of carbonyl (C=O) groups excluding carboxylic acids is 1. The third kappa shape index (κ3) is 4.23. The predicted molar refractivity (Wildman–Crippen MR) is 97.9 cm³/mol. The largest absolute Gasteiger partial charge is 0.417 e. The second kappa shape index (κ2) is 7.58. The lowest BCUT2D eigenvalue weighted by atomic mass is 10.0. The predicted octanol–water partition coefficient (Wildman–Crippen LogP) is 4.07. The lowest BCUT2D eigenvalue weighted by molar-refractivity contribution is -0.137. The van der Waals surface area contributed by atoms with Gasteiger partial charge in [-0.3, -0.25) is 4.79 Å². The Bertz CT molecular complexity index is 818. The summed E-state index contributed by atoms with van der Waals surface area (Å²) in [4.78, 5) is 20.6. The van der Waals surface area contributed by atoms with Crippen molar-refractivity contribution >= 4 is 11.7 Å². The number of alkyl halides is 3. The molecule has 7 heteroatoms. The molecule has 0 N–H and O–H groups in total. The third-order valence-corrected chi connectivity index (χ3v) is 5.02. The van der Waals surface area contributed by atoms with Crippen molar-refractivity contribution in [2.75, 3.05) is 31.1 Å². The van der Waals surface area contributed by atoms with Gasteiger partial charge in [-0.1, -0.05) is 12.1 Å². The van der Waals surface area contributed by atoms with Crippen molar-refractivity contribution in [1.29, 1.82) is 0 Å². The number of halogens is 3. The molecule has 2 heterocycles.